The molecule has 0 saturated carbocycles. The molecular weight excluding hydrogens is 234 g/mol. The van der Waals surface area contributed by atoms with E-state index in [-0.39, 0.29) is 0 Å². The van der Waals surface area contributed by atoms with E-state index >= 15 is 0 Å². The van der Waals surface area contributed by atoms with Crippen LogP contribution in [0.2, 0.25) is 0 Å². The van der Waals surface area contributed by atoms with Gasteiger partial charge >= 0.3 is 0 Å². The largest absolute Gasteiger partial charge is 0.385 e. The Hall–Kier alpha value is -1.44. The molecule has 0 radical (unpaired) electrons. The standard InChI is InChI=1S/C11H21N5O2/c1-16(5-4-6-17-2)11-7-9(15-12)13-10(14-11)8-18-3/h7H,4-6,8,12H2,1-3H3,(H,13,14,15). The van der Waals surface area contributed by atoms with Crippen LogP contribution < -0.4 is 16.2 Å². The first-order valence-electron chi connectivity index (χ1n) is 5.74. The third-order valence-electron chi connectivity index (χ3n) is 2.41. The molecule has 7 nitrogen and oxygen atoms in total. The lowest BCUT2D eigenvalue weighted by Crippen LogP contribution is -2.22. The molecule has 3 N–H and O–H groups in total. The van der Waals surface area contributed by atoms with Crippen LogP contribution in [0.15, 0.2) is 6.07 Å². The zero-order chi connectivity index (χ0) is 13.4. The second-order valence-corrected chi connectivity index (χ2v) is 3.87. The van der Waals surface area contributed by atoms with E-state index in [2.05, 4.69) is 15.4 Å². The number of hydrogen-bond acceptors (Lipinski definition) is 7. The van der Waals surface area contributed by atoms with Crippen molar-refractivity contribution in [1.82, 2.24) is 9.97 Å². The van der Waals surface area contributed by atoms with E-state index in [9.17, 15) is 0 Å². The highest BCUT2D eigenvalue weighted by Crippen LogP contribution is 2.14. The third-order valence-corrected chi connectivity index (χ3v) is 2.41. The van der Waals surface area contributed by atoms with E-state index < -0.39 is 0 Å². The van der Waals surface area contributed by atoms with Gasteiger partial charge in [0.2, 0.25) is 0 Å². The maximum absolute atomic E-state index is 5.39. The van der Waals surface area contributed by atoms with E-state index in [0.717, 1.165) is 25.4 Å². The van der Waals surface area contributed by atoms with E-state index in [0.29, 0.717) is 18.2 Å². The van der Waals surface area contributed by atoms with Gasteiger partial charge in [-0.1, -0.05) is 0 Å². The molecule has 1 aromatic heterocycles. The molecule has 0 spiro atoms. The first-order chi connectivity index (χ1) is 8.71. The van der Waals surface area contributed by atoms with Gasteiger partial charge in [-0.25, -0.2) is 15.8 Å². The lowest BCUT2D eigenvalue weighted by Gasteiger charge is -2.19. The fraction of sp³-hybridized carbons (Fsp3) is 0.636. The van der Waals surface area contributed by atoms with E-state index in [1.54, 1.807) is 20.3 Å². The van der Waals surface area contributed by atoms with Gasteiger partial charge in [-0.3, -0.25) is 0 Å². The number of aromatic nitrogens is 2. The Labute approximate surface area is 107 Å². The van der Waals surface area contributed by atoms with Crippen molar-refractivity contribution < 1.29 is 9.47 Å². The zero-order valence-electron chi connectivity index (χ0n) is 11.1. The monoisotopic (exact) mass is 255 g/mol. The van der Waals surface area contributed by atoms with Crippen LogP contribution in [0, 0.1) is 0 Å². The molecular formula is C11H21N5O2. The number of methoxy groups -OCH3 is 2. The Morgan fingerprint density at radius 1 is 1.33 bits per heavy atom. The van der Waals surface area contributed by atoms with Gasteiger partial charge in [0.05, 0.1) is 0 Å². The number of nitrogen functional groups attached to an aromatic ring is 1. The molecule has 0 amide bonds. The number of nitrogens with one attached hydrogen (secondary N) is 1. The molecule has 102 valence electrons. The molecule has 0 aliphatic rings. The highest BCUT2D eigenvalue weighted by atomic mass is 16.5. The topological polar surface area (TPSA) is 85.5 Å². The summed E-state index contributed by atoms with van der Waals surface area (Å²) >= 11 is 0. The van der Waals surface area contributed by atoms with Gasteiger partial charge in [0.1, 0.15) is 18.2 Å². The summed E-state index contributed by atoms with van der Waals surface area (Å²) in [7, 11) is 5.26. The number of rotatable bonds is 8. The van der Waals surface area contributed by atoms with E-state index in [1.165, 1.54) is 0 Å². The number of ether oxygens (including phenoxy) is 2. The van der Waals surface area contributed by atoms with Crippen LogP contribution in [0.4, 0.5) is 11.6 Å². The van der Waals surface area contributed by atoms with Crippen LogP contribution in [0.25, 0.3) is 0 Å². The van der Waals surface area contributed by atoms with Crippen LogP contribution in [0.1, 0.15) is 12.2 Å². The minimum absolute atomic E-state index is 0.356. The number of hydrogen-bond donors (Lipinski definition) is 2. The average Bonchev–Trinajstić information content (AvgIpc) is 2.39. The highest BCUT2D eigenvalue weighted by Gasteiger charge is 2.07. The highest BCUT2D eigenvalue weighted by molar-refractivity contribution is 5.48. The molecule has 1 aromatic rings. The Balaban J connectivity index is 2.75. The first-order valence-corrected chi connectivity index (χ1v) is 5.74. The van der Waals surface area contributed by atoms with E-state index in [4.69, 9.17) is 15.3 Å². The summed E-state index contributed by atoms with van der Waals surface area (Å²) in [6.45, 7) is 1.93. The lowest BCUT2D eigenvalue weighted by molar-refractivity contribution is 0.178. The number of nitrogens with two attached hydrogens (primary N) is 1. The second kappa shape index (κ2) is 7.80. The number of nitrogens with zero attached hydrogens (tertiary/aromatic N) is 3. The summed E-state index contributed by atoms with van der Waals surface area (Å²) in [6.07, 6.45) is 0.933. The van der Waals surface area contributed by atoms with Crippen molar-refractivity contribution >= 4 is 11.6 Å². The lowest BCUT2D eigenvalue weighted by atomic mass is 10.4. The Morgan fingerprint density at radius 2 is 2.11 bits per heavy atom. The molecule has 1 heterocycles. The van der Waals surface area contributed by atoms with Gasteiger partial charge in [-0.05, 0) is 6.42 Å². The molecule has 0 unspecified atom stereocenters. The van der Waals surface area contributed by atoms with Crippen LogP contribution in [-0.2, 0) is 16.1 Å². The summed E-state index contributed by atoms with van der Waals surface area (Å²) < 4.78 is 10.1. The average molecular weight is 255 g/mol. The van der Waals surface area contributed by atoms with Gasteiger partial charge in [-0.2, -0.15) is 0 Å². The van der Waals surface area contributed by atoms with Crippen molar-refractivity contribution in [3.8, 4) is 0 Å². The van der Waals surface area contributed by atoms with Crippen molar-refractivity contribution in [1.29, 1.82) is 0 Å². The normalized spacial score (nSPS) is 10.4. The Bertz CT molecular complexity index is 361. The van der Waals surface area contributed by atoms with Crippen molar-refractivity contribution in [2.24, 2.45) is 5.84 Å². The molecule has 7 heteroatoms. The van der Waals surface area contributed by atoms with Gasteiger partial charge in [0, 0.05) is 40.5 Å². The zero-order valence-corrected chi connectivity index (χ0v) is 11.1. The summed E-state index contributed by atoms with van der Waals surface area (Å²) in [4.78, 5) is 10.6. The summed E-state index contributed by atoms with van der Waals surface area (Å²) in [5, 5.41) is 0. The molecule has 18 heavy (non-hydrogen) atoms. The van der Waals surface area contributed by atoms with Crippen LogP contribution in [-0.4, -0.2) is 44.4 Å². The predicted octanol–water partition coefficient (Wildman–Crippen LogP) is 0.381. The summed E-state index contributed by atoms with van der Waals surface area (Å²) in [5.74, 6) is 7.37. The second-order valence-electron chi connectivity index (χ2n) is 3.87. The minimum Gasteiger partial charge on any atom is -0.385 e. The molecule has 0 aliphatic heterocycles. The first kappa shape index (κ1) is 14.6. The maximum Gasteiger partial charge on any atom is 0.158 e. The van der Waals surface area contributed by atoms with Crippen molar-refractivity contribution in [2.45, 2.75) is 13.0 Å². The van der Waals surface area contributed by atoms with Gasteiger partial charge in [-0.15, -0.1) is 0 Å². The van der Waals surface area contributed by atoms with Crippen molar-refractivity contribution in [2.75, 3.05) is 44.7 Å². The van der Waals surface area contributed by atoms with Crippen LogP contribution in [0.5, 0.6) is 0 Å². The summed E-state index contributed by atoms with van der Waals surface area (Å²) in [6, 6.07) is 1.80. The summed E-state index contributed by atoms with van der Waals surface area (Å²) in [5.41, 5.74) is 2.53. The number of hydrazine groups is 1. The molecule has 0 atom stereocenters. The van der Waals surface area contributed by atoms with Crippen LogP contribution in [0.3, 0.4) is 0 Å². The van der Waals surface area contributed by atoms with Crippen LogP contribution >= 0.6 is 0 Å². The fourth-order valence-corrected chi connectivity index (χ4v) is 1.51. The van der Waals surface area contributed by atoms with Gasteiger partial charge < -0.3 is 19.8 Å². The molecule has 0 fully saturated rings. The predicted molar refractivity (Wildman–Crippen MR) is 70.3 cm³/mol. The van der Waals surface area contributed by atoms with Crippen molar-refractivity contribution in [3.05, 3.63) is 11.9 Å². The fourth-order valence-electron chi connectivity index (χ4n) is 1.51. The Kier molecular flexibility index (Phi) is 6.34. The quantitative estimate of drug-likeness (QED) is 0.394. The van der Waals surface area contributed by atoms with Gasteiger partial charge in [0.15, 0.2) is 5.82 Å². The maximum atomic E-state index is 5.39. The molecule has 0 saturated heterocycles. The SMILES string of the molecule is COCCCN(C)c1cc(NN)nc(COC)n1. The molecule has 0 aromatic carbocycles. The van der Waals surface area contributed by atoms with Crippen molar-refractivity contribution in [3.63, 3.8) is 0 Å². The minimum atomic E-state index is 0.356. The molecule has 1 rings (SSSR count). The number of anilines is 2. The van der Waals surface area contributed by atoms with Gasteiger partial charge in [0.25, 0.3) is 0 Å². The smallest absolute Gasteiger partial charge is 0.158 e. The Morgan fingerprint density at radius 3 is 2.72 bits per heavy atom. The molecule has 0 bridgehead atoms. The van der Waals surface area contributed by atoms with E-state index in [1.807, 2.05) is 11.9 Å². The third kappa shape index (κ3) is 4.44. The molecule has 0 aliphatic carbocycles.